The second kappa shape index (κ2) is 8.08. The molecule has 2 heteroatoms. The van der Waals surface area contributed by atoms with Crippen molar-refractivity contribution in [3.8, 4) is 0 Å². The van der Waals surface area contributed by atoms with Crippen molar-refractivity contribution >= 4 is 0 Å². The van der Waals surface area contributed by atoms with E-state index in [0.717, 1.165) is 12.0 Å². The molecule has 0 heterocycles. The van der Waals surface area contributed by atoms with Crippen LogP contribution >= 0.6 is 0 Å². The number of likely N-dealkylation sites (N-methyl/N-ethyl adjacent to an activating group) is 1. The molecule has 0 radical (unpaired) electrons. The van der Waals surface area contributed by atoms with Gasteiger partial charge in [0.05, 0.1) is 0 Å². The molecule has 0 aliphatic heterocycles. The molecule has 0 unspecified atom stereocenters. The number of nitrogens with zero attached hydrogens (tertiary/aromatic N) is 1. The summed E-state index contributed by atoms with van der Waals surface area (Å²) in [5, 5.41) is 3.58. The average Bonchev–Trinajstić information content (AvgIpc) is 3.02. The lowest BCUT2D eigenvalue weighted by Gasteiger charge is -2.23. The van der Waals surface area contributed by atoms with Crippen molar-refractivity contribution in [2.45, 2.75) is 58.4 Å². The van der Waals surface area contributed by atoms with Crippen molar-refractivity contribution in [1.29, 1.82) is 0 Å². The van der Waals surface area contributed by atoms with Crippen LogP contribution < -0.4 is 5.32 Å². The minimum atomic E-state index is 0.857. The Morgan fingerprint density at radius 1 is 1.19 bits per heavy atom. The van der Waals surface area contributed by atoms with E-state index in [1.54, 1.807) is 0 Å². The van der Waals surface area contributed by atoms with Crippen molar-refractivity contribution in [2.24, 2.45) is 5.92 Å². The molecule has 0 aromatic carbocycles. The second-order valence-electron chi connectivity index (χ2n) is 5.43. The monoisotopic (exact) mass is 226 g/mol. The Hall–Kier alpha value is -0.0800. The van der Waals surface area contributed by atoms with Gasteiger partial charge in [-0.15, -0.1) is 0 Å². The van der Waals surface area contributed by atoms with E-state index in [1.165, 1.54) is 58.2 Å². The lowest BCUT2D eigenvalue weighted by atomic mass is 9.98. The van der Waals surface area contributed by atoms with Crippen LogP contribution in [0.25, 0.3) is 0 Å². The third-order valence-corrected chi connectivity index (χ3v) is 3.47. The van der Waals surface area contributed by atoms with E-state index in [2.05, 4.69) is 31.1 Å². The van der Waals surface area contributed by atoms with Gasteiger partial charge in [0, 0.05) is 25.7 Å². The Kier molecular flexibility index (Phi) is 7.06. The van der Waals surface area contributed by atoms with Gasteiger partial charge in [0.2, 0.25) is 0 Å². The summed E-state index contributed by atoms with van der Waals surface area (Å²) in [5.41, 5.74) is 0. The van der Waals surface area contributed by atoms with Gasteiger partial charge in [-0.25, -0.2) is 0 Å². The van der Waals surface area contributed by atoms with Crippen LogP contribution in [0.2, 0.25) is 0 Å². The molecule has 0 spiro atoms. The summed E-state index contributed by atoms with van der Waals surface area (Å²) in [5.74, 6) is 0.918. The first-order chi connectivity index (χ1) is 7.76. The standard InChI is InChI=1S/C14H30N2/c1-4-6-13(7-5-2)12-16(3)11-10-15-14-8-9-14/h13-15H,4-12H2,1-3H3. The van der Waals surface area contributed by atoms with Crippen molar-refractivity contribution in [2.75, 3.05) is 26.7 Å². The zero-order valence-corrected chi connectivity index (χ0v) is 11.5. The molecule has 1 N–H and O–H groups in total. The maximum absolute atomic E-state index is 3.58. The van der Waals surface area contributed by atoms with E-state index in [1.807, 2.05) is 0 Å². The maximum Gasteiger partial charge on any atom is 0.0104 e. The fourth-order valence-electron chi connectivity index (χ4n) is 2.42. The third kappa shape index (κ3) is 6.49. The van der Waals surface area contributed by atoms with Crippen molar-refractivity contribution < 1.29 is 0 Å². The third-order valence-electron chi connectivity index (χ3n) is 3.47. The largest absolute Gasteiger partial charge is 0.313 e. The van der Waals surface area contributed by atoms with E-state index in [0.29, 0.717) is 0 Å². The highest BCUT2D eigenvalue weighted by atomic mass is 15.1. The first kappa shape index (κ1) is 14.0. The number of hydrogen-bond donors (Lipinski definition) is 1. The zero-order chi connectivity index (χ0) is 11.8. The lowest BCUT2D eigenvalue weighted by Crippen LogP contribution is -2.33. The maximum atomic E-state index is 3.58. The normalized spacial score (nSPS) is 16.3. The Balaban J connectivity index is 2.05. The van der Waals surface area contributed by atoms with Crippen LogP contribution in [0.4, 0.5) is 0 Å². The number of hydrogen-bond acceptors (Lipinski definition) is 2. The highest BCUT2D eigenvalue weighted by Gasteiger charge is 2.20. The summed E-state index contributed by atoms with van der Waals surface area (Å²) in [7, 11) is 2.27. The van der Waals surface area contributed by atoms with Gasteiger partial charge in [-0.05, 0) is 38.6 Å². The second-order valence-corrected chi connectivity index (χ2v) is 5.43. The van der Waals surface area contributed by atoms with E-state index < -0.39 is 0 Å². The molecule has 1 saturated carbocycles. The predicted molar refractivity (Wildman–Crippen MR) is 71.8 cm³/mol. The summed E-state index contributed by atoms with van der Waals surface area (Å²) >= 11 is 0. The van der Waals surface area contributed by atoms with E-state index in [4.69, 9.17) is 0 Å². The van der Waals surface area contributed by atoms with Crippen LogP contribution in [0.5, 0.6) is 0 Å². The summed E-state index contributed by atoms with van der Waals surface area (Å²) in [6, 6.07) is 0.857. The molecule has 96 valence electrons. The molecule has 0 amide bonds. The topological polar surface area (TPSA) is 15.3 Å². The molecule has 1 aliphatic rings. The van der Waals surface area contributed by atoms with Gasteiger partial charge < -0.3 is 10.2 Å². The van der Waals surface area contributed by atoms with Gasteiger partial charge in [-0.1, -0.05) is 26.7 Å². The van der Waals surface area contributed by atoms with Gasteiger partial charge in [0.1, 0.15) is 0 Å². The van der Waals surface area contributed by atoms with E-state index in [9.17, 15) is 0 Å². The number of nitrogens with one attached hydrogen (secondary N) is 1. The molecule has 1 fully saturated rings. The Morgan fingerprint density at radius 3 is 2.31 bits per heavy atom. The van der Waals surface area contributed by atoms with Gasteiger partial charge >= 0.3 is 0 Å². The van der Waals surface area contributed by atoms with Gasteiger partial charge in [0.15, 0.2) is 0 Å². The molecule has 0 atom stereocenters. The molecule has 1 rings (SSSR count). The minimum Gasteiger partial charge on any atom is -0.313 e. The molecule has 0 aromatic rings. The predicted octanol–water partition coefficient (Wildman–Crippen LogP) is 2.89. The first-order valence-electron chi connectivity index (χ1n) is 7.18. The molecule has 1 aliphatic carbocycles. The Morgan fingerprint density at radius 2 is 1.81 bits per heavy atom. The van der Waals surface area contributed by atoms with Crippen molar-refractivity contribution in [3.63, 3.8) is 0 Å². The van der Waals surface area contributed by atoms with Crippen LogP contribution in [0.3, 0.4) is 0 Å². The average molecular weight is 226 g/mol. The minimum absolute atomic E-state index is 0.857. The molecule has 2 nitrogen and oxygen atoms in total. The smallest absolute Gasteiger partial charge is 0.0104 e. The molecule has 0 bridgehead atoms. The lowest BCUT2D eigenvalue weighted by molar-refractivity contribution is 0.255. The highest BCUT2D eigenvalue weighted by molar-refractivity contribution is 4.80. The fourth-order valence-corrected chi connectivity index (χ4v) is 2.42. The van der Waals surface area contributed by atoms with E-state index >= 15 is 0 Å². The molecule has 0 aromatic heterocycles. The van der Waals surface area contributed by atoms with Crippen LogP contribution in [0.1, 0.15) is 52.4 Å². The van der Waals surface area contributed by atoms with Crippen LogP contribution in [-0.2, 0) is 0 Å². The fraction of sp³-hybridized carbons (Fsp3) is 1.00. The Labute approximate surface area is 102 Å². The highest BCUT2D eigenvalue weighted by Crippen LogP contribution is 2.18. The van der Waals surface area contributed by atoms with Crippen molar-refractivity contribution in [1.82, 2.24) is 10.2 Å². The first-order valence-corrected chi connectivity index (χ1v) is 7.18. The molecular weight excluding hydrogens is 196 g/mol. The van der Waals surface area contributed by atoms with Gasteiger partial charge in [-0.2, -0.15) is 0 Å². The van der Waals surface area contributed by atoms with Crippen molar-refractivity contribution in [3.05, 3.63) is 0 Å². The molecule has 0 saturated heterocycles. The van der Waals surface area contributed by atoms with E-state index in [-0.39, 0.29) is 0 Å². The van der Waals surface area contributed by atoms with Gasteiger partial charge in [0.25, 0.3) is 0 Å². The molecule has 16 heavy (non-hydrogen) atoms. The van der Waals surface area contributed by atoms with Crippen LogP contribution in [0, 0.1) is 5.92 Å². The summed E-state index contributed by atoms with van der Waals surface area (Å²) in [6.07, 6.45) is 8.26. The number of rotatable bonds is 10. The summed E-state index contributed by atoms with van der Waals surface area (Å²) in [4.78, 5) is 2.51. The zero-order valence-electron chi connectivity index (χ0n) is 11.5. The summed E-state index contributed by atoms with van der Waals surface area (Å²) < 4.78 is 0. The van der Waals surface area contributed by atoms with Crippen LogP contribution in [-0.4, -0.2) is 37.6 Å². The van der Waals surface area contributed by atoms with Crippen LogP contribution in [0.15, 0.2) is 0 Å². The quantitative estimate of drug-likeness (QED) is 0.616. The Bertz CT molecular complexity index is 160. The van der Waals surface area contributed by atoms with Gasteiger partial charge in [-0.3, -0.25) is 0 Å². The SMILES string of the molecule is CCCC(CCC)CN(C)CCNC1CC1. The molecular formula is C14H30N2. The summed E-state index contributed by atoms with van der Waals surface area (Å²) in [6.45, 7) is 8.27.